The first kappa shape index (κ1) is 14.8. The van der Waals surface area contributed by atoms with Gasteiger partial charge in [-0.25, -0.2) is 4.98 Å². The summed E-state index contributed by atoms with van der Waals surface area (Å²) in [5, 5.41) is 1.81. The number of hydrogen-bond donors (Lipinski definition) is 0. The summed E-state index contributed by atoms with van der Waals surface area (Å²) in [5.74, 6) is -0.178. The number of piperidine rings is 1. The molecule has 0 aliphatic carbocycles. The molecule has 0 unspecified atom stereocenters. The molecule has 122 valence electrons. The van der Waals surface area contributed by atoms with Gasteiger partial charge in [0.15, 0.2) is 4.96 Å². The SMILES string of the molecule is O=C(c1cnc2sccn2c1=O)N1CCC(N2CCCC2)CC1. The maximum Gasteiger partial charge on any atom is 0.271 e. The summed E-state index contributed by atoms with van der Waals surface area (Å²) in [6.07, 6.45) is 7.70. The quantitative estimate of drug-likeness (QED) is 0.835. The van der Waals surface area contributed by atoms with Gasteiger partial charge in [0.25, 0.3) is 11.5 Å². The van der Waals surface area contributed by atoms with Crippen LogP contribution in [0.3, 0.4) is 0 Å². The molecule has 6 nitrogen and oxygen atoms in total. The molecule has 0 N–H and O–H groups in total. The van der Waals surface area contributed by atoms with Crippen LogP contribution in [0.1, 0.15) is 36.0 Å². The van der Waals surface area contributed by atoms with Crippen molar-refractivity contribution in [1.29, 1.82) is 0 Å². The number of rotatable bonds is 2. The number of carbonyl (C=O) groups excluding carboxylic acids is 1. The summed E-state index contributed by atoms with van der Waals surface area (Å²) >= 11 is 1.39. The molecular formula is C16H20N4O2S. The second-order valence-corrected chi connectivity index (χ2v) is 7.17. The van der Waals surface area contributed by atoms with Crippen molar-refractivity contribution in [3.05, 3.63) is 33.7 Å². The Kier molecular flexibility index (Phi) is 3.90. The van der Waals surface area contributed by atoms with Crippen LogP contribution in [0.15, 0.2) is 22.6 Å². The first-order chi connectivity index (χ1) is 11.2. The van der Waals surface area contributed by atoms with Gasteiger partial charge in [-0.05, 0) is 38.8 Å². The Hall–Kier alpha value is -1.73. The third-order valence-corrected chi connectivity index (χ3v) is 5.75. The molecule has 2 saturated heterocycles. The topological polar surface area (TPSA) is 57.9 Å². The van der Waals surface area contributed by atoms with Crippen molar-refractivity contribution in [2.24, 2.45) is 0 Å². The van der Waals surface area contributed by atoms with Crippen molar-refractivity contribution in [2.45, 2.75) is 31.7 Å². The Bertz CT molecular complexity index is 770. The van der Waals surface area contributed by atoms with Crippen molar-refractivity contribution in [3.8, 4) is 0 Å². The van der Waals surface area contributed by atoms with Crippen LogP contribution in [0, 0.1) is 0 Å². The van der Waals surface area contributed by atoms with E-state index in [1.54, 1.807) is 11.6 Å². The molecule has 0 bridgehead atoms. The lowest BCUT2D eigenvalue weighted by Gasteiger charge is -2.36. The van der Waals surface area contributed by atoms with Crippen molar-refractivity contribution in [2.75, 3.05) is 26.2 Å². The lowest BCUT2D eigenvalue weighted by atomic mass is 10.0. The van der Waals surface area contributed by atoms with Crippen molar-refractivity contribution in [1.82, 2.24) is 19.2 Å². The fourth-order valence-electron chi connectivity index (χ4n) is 3.68. The normalized spacial score (nSPS) is 20.4. The highest BCUT2D eigenvalue weighted by atomic mass is 32.1. The van der Waals surface area contributed by atoms with E-state index in [1.807, 2.05) is 4.90 Å². The number of amides is 1. The van der Waals surface area contributed by atoms with E-state index < -0.39 is 0 Å². The van der Waals surface area contributed by atoms with Crippen LogP contribution in [-0.4, -0.2) is 57.3 Å². The molecule has 4 heterocycles. The zero-order chi connectivity index (χ0) is 15.8. The third kappa shape index (κ3) is 2.68. The molecule has 4 rings (SSSR count). The van der Waals surface area contributed by atoms with Crippen LogP contribution in [-0.2, 0) is 0 Å². The minimum atomic E-state index is -0.261. The molecule has 2 fully saturated rings. The summed E-state index contributed by atoms with van der Waals surface area (Å²) in [7, 11) is 0. The summed E-state index contributed by atoms with van der Waals surface area (Å²) in [5.41, 5.74) is -0.0801. The predicted octanol–water partition coefficient (Wildman–Crippen LogP) is 1.46. The number of aromatic nitrogens is 2. The first-order valence-corrected chi connectivity index (χ1v) is 9.10. The monoisotopic (exact) mass is 332 g/mol. The van der Waals surface area contributed by atoms with Crippen molar-refractivity contribution < 1.29 is 4.79 Å². The molecule has 23 heavy (non-hydrogen) atoms. The lowest BCUT2D eigenvalue weighted by molar-refractivity contribution is 0.0642. The van der Waals surface area contributed by atoms with Gasteiger partial charge in [-0.15, -0.1) is 11.3 Å². The largest absolute Gasteiger partial charge is 0.338 e. The Morgan fingerprint density at radius 1 is 1.17 bits per heavy atom. The first-order valence-electron chi connectivity index (χ1n) is 8.22. The van der Waals surface area contributed by atoms with Gasteiger partial charge in [-0.2, -0.15) is 0 Å². The molecule has 2 aromatic heterocycles. The molecule has 0 atom stereocenters. The molecule has 0 spiro atoms. The summed E-state index contributed by atoms with van der Waals surface area (Å²) in [4.78, 5) is 34.3. The summed E-state index contributed by atoms with van der Waals surface area (Å²) < 4.78 is 1.45. The van der Waals surface area contributed by atoms with Crippen LogP contribution in [0.2, 0.25) is 0 Å². The molecule has 7 heteroatoms. The molecule has 2 aliphatic heterocycles. The zero-order valence-electron chi connectivity index (χ0n) is 13.0. The van der Waals surface area contributed by atoms with Gasteiger partial charge in [0.1, 0.15) is 5.56 Å². The van der Waals surface area contributed by atoms with E-state index in [0.29, 0.717) is 11.0 Å². The lowest BCUT2D eigenvalue weighted by Crippen LogP contribution is -2.47. The van der Waals surface area contributed by atoms with E-state index in [1.165, 1.54) is 47.9 Å². The van der Waals surface area contributed by atoms with Crippen LogP contribution >= 0.6 is 11.3 Å². The molecule has 1 amide bonds. The van der Waals surface area contributed by atoms with Crippen molar-refractivity contribution >= 4 is 22.2 Å². The van der Waals surface area contributed by atoms with E-state index in [0.717, 1.165) is 25.9 Å². The standard InChI is InChI=1S/C16H20N4O2S/c21-14(13-11-17-16-20(15(13)22)9-10-23-16)19-7-3-12(4-8-19)18-5-1-2-6-18/h9-12H,1-8H2. The number of carbonyl (C=O) groups is 1. The minimum absolute atomic E-state index is 0.178. The maximum atomic E-state index is 12.7. The highest BCUT2D eigenvalue weighted by molar-refractivity contribution is 7.15. The Morgan fingerprint density at radius 3 is 2.65 bits per heavy atom. The highest BCUT2D eigenvalue weighted by Gasteiger charge is 2.29. The zero-order valence-corrected chi connectivity index (χ0v) is 13.8. The number of thiazole rings is 1. The van der Waals surface area contributed by atoms with Gasteiger partial charge >= 0.3 is 0 Å². The van der Waals surface area contributed by atoms with Gasteiger partial charge in [0.2, 0.25) is 0 Å². The molecular weight excluding hydrogens is 312 g/mol. The number of likely N-dealkylation sites (tertiary alicyclic amines) is 2. The maximum absolute atomic E-state index is 12.7. The van der Waals surface area contributed by atoms with E-state index in [2.05, 4.69) is 9.88 Å². The average Bonchev–Trinajstić information content (AvgIpc) is 3.27. The summed E-state index contributed by atoms with van der Waals surface area (Å²) in [6.45, 7) is 3.84. The van der Waals surface area contributed by atoms with Gasteiger partial charge < -0.3 is 9.80 Å². The van der Waals surface area contributed by atoms with Gasteiger partial charge in [-0.3, -0.25) is 14.0 Å². The Labute approximate surface area is 138 Å². The highest BCUT2D eigenvalue weighted by Crippen LogP contribution is 2.21. The third-order valence-electron chi connectivity index (χ3n) is 4.98. The minimum Gasteiger partial charge on any atom is -0.338 e. The number of nitrogens with zero attached hydrogens (tertiary/aromatic N) is 4. The van der Waals surface area contributed by atoms with Crippen LogP contribution in [0.25, 0.3) is 4.96 Å². The van der Waals surface area contributed by atoms with Gasteiger partial charge in [0, 0.05) is 36.9 Å². The predicted molar refractivity (Wildman–Crippen MR) is 89.1 cm³/mol. The smallest absolute Gasteiger partial charge is 0.271 e. The van der Waals surface area contributed by atoms with E-state index >= 15 is 0 Å². The summed E-state index contributed by atoms with van der Waals surface area (Å²) in [6, 6.07) is 0.597. The second kappa shape index (κ2) is 6.05. The van der Waals surface area contributed by atoms with Crippen LogP contribution in [0.5, 0.6) is 0 Å². The Balaban J connectivity index is 1.48. The fraction of sp³-hybridized carbons (Fsp3) is 0.562. The molecule has 0 saturated carbocycles. The van der Waals surface area contributed by atoms with Crippen molar-refractivity contribution in [3.63, 3.8) is 0 Å². The second-order valence-electron chi connectivity index (χ2n) is 6.30. The van der Waals surface area contributed by atoms with Gasteiger partial charge in [-0.1, -0.05) is 0 Å². The van der Waals surface area contributed by atoms with Gasteiger partial charge in [0.05, 0.1) is 0 Å². The van der Waals surface area contributed by atoms with Crippen LogP contribution < -0.4 is 5.56 Å². The van der Waals surface area contributed by atoms with E-state index in [4.69, 9.17) is 0 Å². The molecule has 0 aromatic carbocycles. The van der Waals surface area contributed by atoms with Crippen LogP contribution in [0.4, 0.5) is 0 Å². The molecule has 2 aromatic rings. The van der Waals surface area contributed by atoms with E-state index in [-0.39, 0.29) is 17.0 Å². The number of fused-ring (bicyclic) bond motifs is 1. The Morgan fingerprint density at radius 2 is 1.91 bits per heavy atom. The fourth-order valence-corrected chi connectivity index (χ4v) is 4.36. The molecule has 2 aliphatic rings. The number of hydrogen-bond acceptors (Lipinski definition) is 5. The average molecular weight is 332 g/mol. The van der Waals surface area contributed by atoms with E-state index in [9.17, 15) is 9.59 Å². The molecule has 0 radical (unpaired) electrons.